The summed E-state index contributed by atoms with van der Waals surface area (Å²) in [5.74, 6) is -2.71. The first-order valence-electron chi connectivity index (χ1n) is 6.09. The topological polar surface area (TPSA) is 108 Å². The van der Waals surface area contributed by atoms with Gasteiger partial charge in [-0.3, -0.25) is 34.2 Å². The van der Waals surface area contributed by atoms with E-state index in [4.69, 9.17) is 0 Å². The van der Waals surface area contributed by atoms with Crippen LogP contribution in [0, 0.1) is 0 Å². The van der Waals surface area contributed by atoms with Gasteiger partial charge in [-0.25, -0.2) is 5.43 Å². The summed E-state index contributed by atoms with van der Waals surface area (Å²) in [7, 11) is 0. The van der Waals surface area contributed by atoms with Crippen LogP contribution in [-0.2, 0) is 19.2 Å². The van der Waals surface area contributed by atoms with E-state index in [1.165, 1.54) is 0 Å². The summed E-state index contributed by atoms with van der Waals surface area (Å²) in [4.78, 5) is 46.0. The molecule has 1 heterocycles. The summed E-state index contributed by atoms with van der Waals surface area (Å²) in [6.07, 6.45) is 1.71. The van der Waals surface area contributed by atoms with Crippen molar-refractivity contribution in [3.05, 3.63) is 11.0 Å². The van der Waals surface area contributed by atoms with Gasteiger partial charge in [0.1, 0.15) is 0 Å². The lowest BCUT2D eigenvalue weighted by Crippen LogP contribution is -2.46. The molecule has 0 aliphatic carbocycles. The molecule has 0 saturated heterocycles. The number of hydrogen-bond acceptors (Lipinski definition) is 6. The van der Waals surface area contributed by atoms with Crippen LogP contribution in [0.3, 0.4) is 0 Å². The van der Waals surface area contributed by atoms with E-state index in [1.54, 1.807) is 6.92 Å². The molecule has 1 rings (SSSR count). The zero-order valence-electron chi connectivity index (χ0n) is 11.2. The molecule has 9 heteroatoms. The van der Waals surface area contributed by atoms with Crippen molar-refractivity contribution in [1.29, 1.82) is 0 Å². The maximum absolute atomic E-state index is 11.9. The summed E-state index contributed by atoms with van der Waals surface area (Å²) in [6, 6.07) is 0. The quantitative estimate of drug-likeness (QED) is 0.253. The lowest BCUT2D eigenvalue weighted by Gasteiger charge is -2.19. The van der Waals surface area contributed by atoms with E-state index in [-0.39, 0.29) is 11.4 Å². The minimum Gasteiger partial charge on any atom is -0.288 e. The van der Waals surface area contributed by atoms with Crippen LogP contribution in [-0.4, -0.2) is 41.0 Å². The van der Waals surface area contributed by atoms with Crippen LogP contribution in [0.2, 0.25) is 0 Å². The molecule has 0 bridgehead atoms. The highest BCUT2D eigenvalue weighted by Gasteiger charge is 2.28. The summed E-state index contributed by atoms with van der Waals surface area (Å²) in [6.45, 7) is 4.35. The lowest BCUT2D eigenvalue weighted by atomic mass is 10.4. The fraction of sp³-hybridized carbons (Fsp3) is 0.455. The third-order valence-corrected chi connectivity index (χ3v) is 3.23. The van der Waals surface area contributed by atoms with Crippen molar-refractivity contribution in [1.82, 2.24) is 20.5 Å². The summed E-state index contributed by atoms with van der Waals surface area (Å²) < 4.78 is 1.15. The van der Waals surface area contributed by atoms with Crippen LogP contribution >= 0.6 is 11.9 Å². The first-order chi connectivity index (χ1) is 9.49. The predicted octanol–water partition coefficient (Wildman–Crippen LogP) is -0.946. The van der Waals surface area contributed by atoms with Crippen LogP contribution in [0.1, 0.15) is 20.3 Å². The molecule has 20 heavy (non-hydrogen) atoms. The molecule has 0 spiro atoms. The van der Waals surface area contributed by atoms with Crippen molar-refractivity contribution in [2.75, 3.05) is 13.1 Å². The molecule has 0 aromatic carbocycles. The van der Waals surface area contributed by atoms with E-state index in [1.807, 2.05) is 6.92 Å². The van der Waals surface area contributed by atoms with Crippen molar-refractivity contribution in [2.45, 2.75) is 20.3 Å². The number of hydrazine groups is 1. The van der Waals surface area contributed by atoms with E-state index in [0.29, 0.717) is 13.0 Å². The smallest absolute Gasteiger partial charge is 0.288 e. The minimum atomic E-state index is -0.821. The van der Waals surface area contributed by atoms with Gasteiger partial charge >= 0.3 is 11.8 Å². The minimum absolute atomic E-state index is 0.0908. The second kappa shape index (κ2) is 7.65. The van der Waals surface area contributed by atoms with E-state index in [0.717, 1.165) is 22.3 Å². The fourth-order valence-electron chi connectivity index (χ4n) is 1.31. The molecule has 0 atom stereocenters. The highest BCUT2D eigenvalue weighted by atomic mass is 32.2. The van der Waals surface area contributed by atoms with E-state index in [2.05, 4.69) is 16.2 Å². The normalized spacial score (nSPS) is 13.8. The Balaban J connectivity index is 2.71. The predicted molar refractivity (Wildman–Crippen MR) is 72.6 cm³/mol. The molecule has 0 aromatic rings. The van der Waals surface area contributed by atoms with Gasteiger partial charge in [0.2, 0.25) is 0 Å². The Hall–Kier alpha value is -1.87. The Labute approximate surface area is 120 Å². The van der Waals surface area contributed by atoms with E-state index >= 15 is 0 Å². The molecule has 4 amide bonds. The largest absolute Gasteiger partial charge is 0.324 e. The van der Waals surface area contributed by atoms with Crippen LogP contribution in [0.25, 0.3) is 0 Å². The van der Waals surface area contributed by atoms with Crippen molar-refractivity contribution in [2.24, 2.45) is 0 Å². The summed E-state index contributed by atoms with van der Waals surface area (Å²) in [5, 5.41) is 2.07. The molecule has 3 N–H and O–H groups in total. The number of nitrogens with zero attached hydrogens (tertiary/aromatic N) is 1. The maximum atomic E-state index is 11.9. The van der Waals surface area contributed by atoms with Crippen molar-refractivity contribution in [3.63, 3.8) is 0 Å². The molecule has 1 aliphatic heterocycles. The lowest BCUT2D eigenvalue weighted by molar-refractivity contribution is -0.143. The van der Waals surface area contributed by atoms with Gasteiger partial charge in [-0.05, 0) is 18.4 Å². The first-order valence-corrected chi connectivity index (χ1v) is 6.86. The molecule has 0 saturated carbocycles. The zero-order valence-corrected chi connectivity index (χ0v) is 12.0. The Morgan fingerprint density at radius 3 is 2.55 bits per heavy atom. The summed E-state index contributed by atoms with van der Waals surface area (Å²) >= 11 is 0.782. The Morgan fingerprint density at radius 1 is 1.35 bits per heavy atom. The van der Waals surface area contributed by atoms with Gasteiger partial charge in [0, 0.05) is 19.2 Å². The Morgan fingerprint density at radius 2 is 2.05 bits per heavy atom. The molecule has 1 aliphatic rings. The molecule has 0 aromatic heterocycles. The van der Waals surface area contributed by atoms with Crippen LogP contribution < -0.4 is 16.2 Å². The van der Waals surface area contributed by atoms with Gasteiger partial charge in [0.25, 0.3) is 11.8 Å². The van der Waals surface area contributed by atoms with Crippen LogP contribution in [0.15, 0.2) is 11.0 Å². The Bertz CT molecular complexity index is 463. The Kier molecular flexibility index (Phi) is 6.19. The van der Waals surface area contributed by atoms with Crippen molar-refractivity contribution in [3.8, 4) is 0 Å². The third-order valence-electron chi connectivity index (χ3n) is 2.16. The third kappa shape index (κ3) is 4.35. The molecule has 0 radical (unpaired) electrons. The molecule has 0 fully saturated rings. The molecule has 110 valence electrons. The van der Waals surface area contributed by atoms with Crippen molar-refractivity contribution < 1.29 is 19.2 Å². The zero-order chi connectivity index (χ0) is 15.1. The second-order valence-corrected chi connectivity index (χ2v) is 4.87. The number of carbonyl (C=O) groups is 4. The van der Waals surface area contributed by atoms with Gasteiger partial charge in [-0.15, -0.1) is 0 Å². The maximum Gasteiger partial charge on any atom is 0.324 e. The average Bonchev–Trinajstić information content (AvgIpc) is 2.72. The van der Waals surface area contributed by atoms with Crippen molar-refractivity contribution >= 4 is 35.6 Å². The van der Waals surface area contributed by atoms with E-state index in [9.17, 15) is 19.2 Å². The number of imide groups is 1. The SMILES string of the molecule is CCCN(SC1=CC(=O)NC1=O)C(=O)C(=O)NNCC. The number of nitrogens with one attached hydrogen (secondary N) is 3. The standard InChI is InChI=1S/C11H16N4O4S/c1-3-5-15(11(19)10(18)14-12-4-2)20-7-6-8(16)13-9(7)17/h6,12H,3-5H2,1-2H3,(H,14,18)(H,13,16,17). The van der Waals surface area contributed by atoms with Gasteiger partial charge < -0.3 is 0 Å². The fourth-order valence-corrected chi connectivity index (χ4v) is 2.28. The first kappa shape index (κ1) is 16.2. The van der Waals surface area contributed by atoms with Gasteiger partial charge in [0.15, 0.2) is 0 Å². The second-order valence-electron chi connectivity index (χ2n) is 3.81. The van der Waals surface area contributed by atoms with Gasteiger partial charge in [0.05, 0.1) is 4.91 Å². The highest BCUT2D eigenvalue weighted by Crippen LogP contribution is 2.24. The number of hydrogen-bond donors (Lipinski definition) is 3. The number of rotatable bonds is 6. The van der Waals surface area contributed by atoms with Gasteiger partial charge in [-0.1, -0.05) is 13.8 Å². The number of amides is 4. The number of carbonyl (C=O) groups excluding carboxylic acids is 4. The molecule has 0 unspecified atom stereocenters. The van der Waals surface area contributed by atoms with E-state index < -0.39 is 23.6 Å². The highest BCUT2D eigenvalue weighted by molar-refractivity contribution is 8.02. The molecule has 8 nitrogen and oxygen atoms in total. The monoisotopic (exact) mass is 300 g/mol. The van der Waals surface area contributed by atoms with Crippen LogP contribution in [0.5, 0.6) is 0 Å². The summed E-state index contributed by atoms with van der Waals surface area (Å²) in [5.41, 5.74) is 4.77. The van der Waals surface area contributed by atoms with Gasteiger partial charge in [-0.2, -0.15) is 0 Å². The molecular formula is C11H16N4O4S. The average molecular weight is 300 g/mol. The molecular weight excluding hydrogens is 284 g/mol. The van der Waals surface area contributed by atoms with Crippen LogP contribution in [0.4, 0.5) is 0 Å².